The van der Waals surface area contributed by atoms with Gasteiger partial charge in [0.2, 0.25) is 0 Å². The molecule has 0 saturated heterocycles. The molecular weight excluding hydrogens is 268 g/mol. The van der Waals surface area contributed by atoms with Crippen LogP contribution in [0.3, 0.4) is 0 Å². The fourth-order valence-corrected chi connectivity index (χ4v) is 2.95. The molecule has 108 valence electrons. The van der Waals surface area contributed by atoms with E-state index in [9.17, 15) is 4.79 Å². The van der Waals surface area contributed by atoms with Crippen LogP contribution < -0.4 is 5.73 Å². The summed E-state index contributed by atoms with van der Waals surface area (Å²) in [5.74, 6) is 0.0648. The van der Waals surface area contributed by atoms with Gasteiger partial charge in [-0.25, -0.2) is 0 Å². The number of hydrogen-bond acceptors (Lipinski definition) is 2. The van der Waals surface area contributed by atoms with Crippen LogP contribution in [0.5, 0.6) is 0 Å². The van der Waals surface area contributed by atoms with Crippen LogP contribution in [0.2, 0.25) is 0 Å². The first-order valence-corrected chi connectivity index (χ1v) is 7.67. The summed E-state index contributed by atoms with van der Waals surface area (Å²) in [6.07, 6.45) is 7.23. The molecule has 1 aromatic carbocycles. The highest BCUT2D eigenvalue weighted by Gasteiger charge is 2.22. The Labute approximate surface area is 126 Å². The summed E-state index contributed by atoms with van der Waals surface area (Å²) >= 11 is 4.97. The van der Waals surface area contributed by atoms with E-state index in [0.717, 1.165) is 18.4 Å². The zero-order valence-corrected chi connectivity index (χ0v) is 12.8. The first-order chi connectivity index (χ1) is 9.59. The first-order valence-electron chi connectivity index (χ1n) is 7.26. The number of hydrogen-bond donors (Lipinski definition) is 1. The molecule has 2 N–H and O–H groups in total. The lowest BCUT2D eigenvalue weighted by molar-refractivity contribution is 0.0717. The molecule has 0 atom stereocenters. The molecule has 0 aromatic heterocycles. The van der Waals surface area contributed by atoms with E-state index in [4.69, 9.17) is 18.0 Å². The molecule has 1 aliphatic carbocycles. The number of benzene rings is 1. The molecule has 1 saturated carbocycles. The van der Waals surface area contributed by atoms with Crippen LogP contribution >= 0.6 is 12.2 Å². The molecule has 0 bridgehead atoms. The summed E-state index contributed by atoms with van der Waals surface area (Å²) in [4.78, 5) is 14.8. The average Bonchev–Trinajstić information content (AvgIpc) is 2.75. The van der Waals surface area contributed by atoms with Crippen LogP contribution in [0.15, 0.2) is 24.3 Å². The second-order valence-corrected chi connectivity index (χ2v) is 5.95. The van der Waals surface area contributed by atoms with E-state index in [1.807, 2.05) is 30.1 Å². The number of nitrogens with zero attached hydrogens (tertiary/aromatic N) is 1. The Morgan fingerprint density at radius 2 is 1.80 bits per heavy atom. The summed E-state index contributed by atoms with van der Waals surface area (Å²) in [5, 5.41) is 0. The molecule has 0 spiro atoms. The second kappa shape index (κ2) is 6.84. The molecule has 0 unspecified atom stereocenters. The van der Waals surface area contributed by atoms with Crippen molar-refractivity contribution in [2.75, 3.05) is 7.05 Å². The van der Waals surface area contributed by atoms with Crippen molar-refractivity contribution < 1.29 is 4.79 Å². The van der Waals surface area contributed by atoms with Crippen molar-refractivity contribution in [2.45, 2.75) is 44.6 Å². The van der Waals surface area contributed by atoms with E-state index in [-0.39, 0.29) is 5.91 Å². The number of thiocarbonyl (C=S) groups is 1. The van der Waals surface area contributed by atoms with Crippen LogP contribution in [-0.2, 0) is 0 Å². The zero-order chi connectivity index (χ0) is 14.5. The lowest BCUT2D eigenvalue weighted by Gasteiger charge is -2.27. The Morgan fingerprint density at radius 3 is 2.40 bits per heavy atom. The third-order valence-electron chi connectivity index (χ3n) is 4.09. The standard InChI is InChI=1S/C16H22N2OS/c1-18(14-9-4-2-3-5-10-14)16(19)13-8-6-7-12(11-13)15(17)20/h6-8,11,14H,2-5,9-10H2,1H3,(H2,17,20). The van der Waals surface area contributed by atoms with Crippen LogP contribution in [0, 0.1) is 0 Å². The maximum absolute atomic E-state index is 12.6. The van der Waals surface area contributed by atoms with Crippen molar-refractivity contribution in [3.05, 3.63) is 35.4 Å². The van der Waals surface area contributed by atoms with Crippen molar-refractivity contribution in [3.8, 4) is 0 Å². The van der Waals surface area contributed by atoms with Gasteiger partial charge >= 0.3 is 0 Å². The zero-order valence-electron chi connectivity index (χ0n) is 12.0. The minimum atomic E-state index is 0.0648. The van der Waals surface area contributed by atoms with Gasteiger partial charge in [0.05, 0.1) is 0 Å². The Balaban J connectivity index is 2.13. The Hall–Kier alpha value is -1.42. The van der Waals surface area contributed by atoms with Crippen molar-refractivity contribution >= 4 is 23.1 Å². The predicted molar refractivity (Wildman–Crippen MR) is 85.9 cm³/mol. The second-order valence-electron chi connectivity index (χ2n) is 5.51. The van der Waals surface area contributed by atoms with Gasteiger partial charge in [-0.15, -0.1) is 0 Å². The summed E-state index contributed by atoms with van der Waals surface area (Å²) in [6.45, 7) is 0. The number of carbonyl (C=O) groups excluding carboxylic acids is 1. The number of rotatable bonds is 3. The molecule has 1 amide bonds. The van der Waals surface area contributed by atoms with E-state index in [2.05, 4.69) is 0 Å². The Bertz CT molecular complexity index is 493. The van der Waals surface area contributed by atoms with E-state index >= 15 is 0 Å². The molecule has 0 heterocycles. The molecule has 0 radical (unpaired) electrons. The predicted octanol–water partition coefficient (Wildman–Crippen LogP) is 3.12. The smallest absolute Gasteiger partial charge is 0.253 e. The number of nitrogens with two attached hydrogens (primary N) is 1. The maximum Gasteiger partial charge on any atom is 0.253 e. The molecule has 0 aliphatic heterocycles. The van der Waals surface area contributed by atoms with Crippen LogP contribution in [0.25, 0.3) is 0 Å². The first kappa shape index (κ1) is 15.0. The van der Waals surface area contributed by atoms with Gasteiger partial charge in [-0.1, -0.05) is 50.0 Å². The lowest BCUT2D eigenvalue weighted by Crippen LogP contribution is -2.36. The molecule has 2 rings (SSSR count). The van der Waals surface area contributed by atoms with Gasteiger partial charge < -0.3 is 10.6 Å². The van der Waals surface area contributed by atoms with E-state index < -0.39 is 0 Å². The quantitative estimate of drug-likeness (QED) is 0.687. The maximum atomic E-state index is 12.6. The fraction of sp³-hybridized carbons (Fsp3) is 0.500. The van der Waals surface area contributed by atoms with Crippen molar-refractivity contribution in [1.29, 1.82) is 0 Å². The summed E-state index contributed by atoms with van der Waals surface area (Å²) < 4.78 is 0. The minimum absolute atomic E-state index is 0.0648. The molecule has 1 aliphatic rings. The third kappa shape index (κ3) is 3.57. The SMILES string of the molecule is CN(C(=O)c1cccc(C(N)=S)c1)C1CCCCCC1. The average molecular weight is 290 g/mol. The third-order valence-corrected chi connectivity index (χ3v) is 4.32. The van der Waals surface area contributed by atoms with E-state index in [1.54, 1.807) is 6.07 Å². The highest BCUT2D eigenvalue weighted by molar-refractivity contribution is 7.80. The van der Waals surface area contributed by atoms with Crippen molar-refractivity contribution in [3.63, 3.8) is 0 Å². The molecule has 1 fully saturated rings. The largest absolute Gasteiger partial charge is 0.389 e. The van der Waals surface area contributed by atoms with Gasteiger partial charge in [-0.05, 0) is 25.0 Å². The van der Waals surface area contributed by atoms with Gasteiger partial charge in [0, 0.05) is 24.2 Å². The van der Waals surface area contributed by atoms with E-state index in [1.165, 1.54) is 25.7 Å². The van der Waals surface area contributed by atoms with Gasteiger partial charge in [0.15, 0.2) is 0 Å². The summed E-state index contributed by atoms with van der Waals surface area (Å²) in [5.41, 5.74) is 7.05. The van der Waals surface area contributed by atoms with Crippen molar-refractivity contribution in [1.82, 2.24) is 4.90 Å². The van der Waals surface area contributed by atoms with Crippen LogP contribution in [0.4, 0.5) is 0 Å². The number of carbonyl (C=O) groups is 1. The van der Waals surface area contributed by atoms with Crippen LogP contribution in [0.1, 0.15) is 54.4 Å². The molecule has 3 nitrogen and oxygen atoms in total. The highest BCUT2D eigenvalue weighted by Crippen LogP contribution is 2.22. The highest BCUT2D eigenvalue weighted by atomic mass is 32.1. The fourth-order valence-electron chi connectivity index (χ4n) is 2.82. The Kier molecular flexibility index (Phi) is 5.12. The van der Waals surface area contributed by atoms with Crippen molar-refractivity contribution in [2.24, 2.45) is 5.73 Å². The lowest BCUT2D eigenvalue weighted by atomic mass is 10.1. The molecule has 4 heteroatoms. The topological polar surface area (TPSA) is 46.3 Å². The van der Waals surface area contributed by atoms with Gasteiger partial charge in [-0.3, -0.25) is 4.79 Å². The Morgan fingerprint density at radius 1 is 1.20 bits per heavy atom. The van der Waals surface area contributed by atoms with Crippen LogP contribution in [-0.4, -0.2) is 28.9 Å². The normalized spacial score (nSPS) is 16.4. The monoisotopic (exact) mass is 290 g/mol. The molecular formula is C16H22N2OS. The molecule has 20 heavy (non-hydrogen) atoms. The van der Waals surface area contributed by atoms with E-state index in [0.29, 0.717) is 16.6 Å². The number of amides is 1. The van der Waals surface area contributed by atoms with Gasteiger partial charge in [0.1, 0.15) is 4.99 Å². The van der Waals surface area contributed by atoms with Gasteiger partial charge in [-0.2, -0.15) is 0 Å². The summed E-state index contributed by atoms with van der Waals surface area (Å²) in [6, 6.07) is 7.65. The summed E-state index contributed by atoms with van der Waals surface area (Å²) in [7, 11) is 1.91. The minimum Gasteiger partial charge on any atom is -0.389 e. The van der Waals surface area contributed by atoms with Gasteiger partial charge in [0.25, 0.3) is 5.91 Å². The molecule has 1 aromatic rings.